The number of carbonyl (C=O) groups excluding carboxylic acids is 1. The van der Waals surface area contributed by atoms with Crippen molar-refractivity contribution in [3.63, 3.8) is 0 Å². The van der Waals surface area contributed by atoms with Crippen LogP contribution in [0.15, 0.2) is 6.20 Å². The van der Waals surface area contributed by atoms with Gasteiger partial charge in [-0.15, -0.1) is 0 Å². The molecule has 0 spiro atoms. The van der Waals surface area contributed by atoms with Crippen LogP contribution in [0.25, 0.3) is 0 Å². The maximum atomic E-state index is 11.1. The first-order valence-electron chi connectivity index (χ1n) is 4.05. The Morgan fingerprint density at radius 2 is 2.46 bits per heavy atom. The third-order valence-corrected chi connectivity index (χ3v) is 1.86. The van der Waals surface area contributed by atoms with Gasteiger partial charge in [0.05, 0.1) is 6.61 Å². The number of rotatable bonds is 3. The zero-order valence-corrected chi connectivity index (χ0v) is 8.48. The van der Waals surface area contributed by atoms with Crippen molar-refractivity contribution in [3.05, 3.63) is 16.7 Å². The summed E-state index contributed by atoms with van der Waals surface area (Å²) in [6.07, 6.45) is 1.79. The van der Waals surface area contributed by atoms with Gasteiger partial charge in [0.2, 0.25) is 0 Å². The van der Waals surface area contributed by atoms with Gasteiger partial charge in [0.1, 0.15) is 6.54 Å². The monoisotopic (exact) mass is 200 g/mol. The summed E-state index contributed by atoms with van der Waals surface area (Å²) in [5, 5.41) is 0. The van der Waals surface area contributed by atoms with E-state index in [1.165, 1.54) is 0 Å². The van der Waals surface area contributed by atoms with Gasteiger partial charge in [-0.05, 0) is 26.1 Å². The number of esters is 1. The highest BCUT2D eigenvalue weighted by atomic mass is 32.1. The number of nitrogens with one attached hydrogen (secondary N) is 1. The summed E-state index contributed by atoms with van der Waals surface area (Å²) in [6, 6.07) is 0. The molecule has 5 heteroatoms. The lowest BCUT2D eigenvalue weighted by molar-refractivity contribution is -0.143. The van der Waals surface area contributed by atoms with Gasteiger partial charge in [0.15, 0.2) is 4.77 Å². The molecule has 0 saturated carbocycles. The Bertz CT molecular complexity index is 353. The van der Waals surface area contributed by atoms with Gasteiger partial charge in [0, 0.05) is 11.9 Å². The van der Waals surface area contributed by atoms with Gasteiger partial charge in [-0.25, -0.2) is 0 Å². The van der Waals surface area contributed by atoms with Crippen LogP contribution >= 0.6 is 12.2 Å². The molecule has 0 amide bonds. The van der Waals surface area contributed by atoms with Gasteiger partial charge in [-0.1, -0.05) is 0 Å². The first kappa shape index (κ1) is 9.98. The molecule has 0 aromatic carbocycles. The molecule has 1 aromatic heterocycles. The Morgan fingerprint density at radius 1 is 1.77 bits per heavy atom. The summed E-state index contributed by atoms with van der Waals surface area (Å²) in [5.41, 5.74) is 0.939. The van der Waals surface area contributed by atoms with Crippen LogP contribution in [-0.2, 0) is 16.1 Å². The van der Waals surface area contributed by atoms with E-state index in [0.717, 1.165) is 5.69 Å². The number of imidazole rings is 1. The highest BCUT2D eigenvalue weighted by Gasteiger charge is 2.04. The Kier molecular flexibility index (Phi) is 3.25. The van der Waals surface area contributed by atoms with Crippen LogP contribution in [0.3, 0.4) is 0 Å². The minimum Gasteiger partial charge on any atom is -0.465 e. The van der Waals surface area contributed by atoms with Crippen molar-refractivity contribution in [2.75, 3.05) is 6.61 Å². The molecule has 1 heterocycles. The van der Waals surface area contributed by atoms with E-state index in [2.05, 4.69) is 4.98 Å². The standard InChI is InChI=1S/C8H12N2O2S/c1-3-12-7(11)5-10-4-6(2)9-8(10)13/h4H,3,5H2,1-2H3,(H,9,13). The number of nitrogens with zero attached hydrogens (tertiary/aromatic N) is 1. The lowest BCUT2D eigenvalue weighted by Crippen LogP contribution is -2.12. The van der Waals surface area contributed by atoms with Crippen molar-refractivity contribution in [1.29, 1.82) is 0 Å². The molecule has 1 aromatic rings. The third kappa shape index (κ3) is 2.69. The van der Waals surface area contributed by atoms with E-state index in [1.807, 2.05) is 6.92 Å². The highest BCUT2D eigenvalue weighted by Crippen LogP contribution is 1.97. The number of hydrogen-bond donors (Lipinski definition) is 1. The van der Waals surface area contributed by atoms with E-state index in [0.29, 0.717) is 11.4 Å². The predicted molar refractivity (Wildman–Crippen MR) is 51.0 cm³/mol. The lowest BCUT2D eigenvalue weighted by Gasteiger charge is -2.01. The molecular formula is C8H12N2O2S. The fourth-order valence-electron chi connectivity index (χ4n) is 1.03. The number of carbonyl (C=O) groups is 1. The van der Waals surface area contributed by atoms with Crippen LogP contribution in [0.5, 0.6) is 0 Å². The second-order valence-corrected chi connectivity index (χ2v) is 3.06. The molecule has 4 nitrogen and oxygen atoms in total. The van der Waals surface area contributed by atoms with Gasteiger partial charge in [0.25, 0.3) is 0 Å². The molecule has 0 atom stereocenters. The minimum atomic E-state index is -0.266. The normalized spacial score (nSPS) is 10.0. The largest absolute Gasteiger partial charge is 0.465 e. The number of H-pyrrole nitrogens is 1. The molecule has 0 saturated heterocycles. The molecule has 1 rings (SSSR count). The van der Waals surface area contributed by atoms with E-state index < -0.39 is 0 Å². The fraction of sp³-hybridized carbons (Fsp3) is 0.500. The van der Waals surface area contributed by atoms with Crippen LogP contribution in [0.4, 0.5) is 0 Å². The summed E-state index contributed by atoms with van der Waals surface area (Å²) >= 11 is 4.98. The molecule has 0 bridgehead atoms. The van der Waals surface area contributed by atoms with Crippen LogP contribution in [0, 0.1) is 11.7 Å². The van der Waals surface area contributed by atoms with Gasteiger partial charge >= 0.3 is 5.97 Å². The first-order valence-corrected chi connectivity index (χ1v) is 4.46. The zero-order valence-electron chi connectivity index (χ0n) is 7.66. The lowest BCUT2D eigenvalue weighted by atomic mass is 10.5. The Morgan fingerprint density at radius 3 is 2.92 bits per heavy atom. The molecule has 0 aliphatic heterocycles. The molecule has 0 fully saturated rings. The number of aromatic nitrogens is 2. The van der Waals surface area contributed by atoms with Crippen LogP contribution in [-0.4, -0.2) is 22.1 Å². The fourth-order valence-corrected chi connectivity index (χ4v) is 1.31. The molecule has 0 radical (unpaired) electrons. The van der Waals surface area contributed by atoms with Crippen molar-refractivity contribution in [2.45, 2.75) is 20.4 Å². The summed E-state index contributed by atoms with van der Waals surface area (Å²) in [4.78, 5) is 14.0. The number of aromatic amines is 1. The van der Waals surface area contributed by atoms with Crippen LogP contribution in [0.1, 0.15) is 12.6 Å². The molecule has 0 unspecified atom stereocenters. The van der Waals surface area contributed by atoms with E-state index in [1.54, 1.807) is 17.7 Å². The summed E-state index contributed by atoms with van der Waals surface area (Å²) in [5.74, 6) is -0.266. The number of hydrogen-bond acceptors (Lipinski definition) is 3. The average Bonchev–Trinajstić information content (AvgIpc) is 2.30. The van der Waals surface area contributed by atoms with E-state index >= 15 is 0 Å². The van der Waals surface area contributed by atoms with Gasteiger partial charge < -0.3 is 14.3 Å². The SMILES string of the molecule is CCOC(=O)Cn1cc(C)[nH]c1=S. The van der Waals surface area contributed by atoms with Crippen molar-refractivity contribution in [2.24, 2.45) is 0 Å². The molecule has 0 aliphatic rings. The first-order chi connectivity index (χ1) is 6.13. The van der Waals surface area contributed by atoms with Crippen LogP contribution < -0.4 is 0 Å². The second-order valence-electron chi connectivity index (χ2n) is 2.68. The maximum absolute atomic E-state index is 11.1. The summed E-state index contributed by atoms with van der Waals surface area (Å²) in [7, 11) is 0. The third-order valence-electron chi connectivity index (χ3n) is 1.52. The number of ether oxygens (including phenoxy) is 1. The summed E-state index contributed by atoms with van der Waals surface area (Å²) in [6.45, 7) is 4.24. The maximum Gasteiger partial charge on any atom is 0.326 e. The van der Waals surface area contributed by atoms with Crippen molar-refractivity contribution in [3.8, 4) is 0 Å². The van der Waals surface area contributed by atoms with Gasteiger partial charge in [-0.3, -0.25) is 4.79 Å². The topological polar surface area (TPSA) is 47.0 Å². The minimum absolute atomic E-state index is 0.178. The molecule has 72 valence electrons. The molecular weight excluding hydrogens is 188 g/mol. The zero-order chi connectivity index (χ0) is 9.84. The van der Waals surface area contributed by atoms with Crippen molar-refractivity contribution in [1.82, 2.24) is 9.55 Å². The van der Waals surface area contributed by atoms with E-state index in [-0.39, 0.29) is 12.5 Å². The quantitative estimate of drug-likeness (QED) is 0.593. The van der Waals surface area contributed by atoms with Crippen molar-refractivity contribution < 1.29 is 9.53 Å². The Hall–Kier alpha value is -1.10. The molecule has 1 N–H and O–H groups in total. The van der Waals surface area contributed by atoms with E-state index in [4.69, 9.17) is 17.0 Å². The number of aryl methyl sites for hydroxylation is 1. The Labute approximate surface area is 81.5 Å². The van der Waals surface area contributed by atoms with Crippen molar-refractivity contribution >= 4 is 18.2 Å². The second kappa shape index (κ2) is 4.23. The summed E-state index contributed by atoms with van der Waals surface area (Å²) < 4.78 is 6.99. The predicted octanol–water partition coefficient (Wildman–Crippen LogP) is 1.42. The van der Waals surface area contributed by atoms with Crippen LogP contribution in [0.2, 0.25) is 0 Å². The van der Waals surface area contributed by atoms with Gasteiger partial charge in [-0.2, -0.15) is 0 Å². The van der Waals surface area contributed by atoms with E-state index in [9.17, 15) is 4.79 Å². The Balaban J connectivity index is 2.69. The smallest absolute Gasteiger partial charge is 0.326 e. The molecule has 13 heavy (non-hydrogen) atoms. The highest BCUT2D eigenvalue weighted by molar-refractivity contribution is 7.71. The average molecular weight is 200 g/mol. The molecule has 0 aliphatic carbocycles.